The first-order chi connectivity index (χ1) is 10.0. The fourth-order valence-electron chi connectivity index (χ4n) is 1.69. The Balaban J connectivity index is 2.63. The summed E-state index contributed by atoms with van der Waals surface area (Å²) in [5.74, 6) is 3.38. The van der Waals surface area contributed by atoms with Crippen molar-refractivity contribution in [3.63, 3.8) is 0 Å². The maximum atomic E-state index is 11.5. The predicted molar refractivity (Wildman–Crippen MR) is 88.0 cm³/mol. The molecule has 0 bridgehead atoms. The van der Waals surface area contributed by atoms with E-state index >= 15 is 0 Å². The average molecular weight is 353 g/mol. The summed E-state index contributed by atoms with van der Waals surface area (Å²) in [6, 6.07) is 5.81. The first-order valence-corrected chi connectivity index (χ1v) is 7.65. The van der Waals surface area contributed by atoms with Crippen LogP contribution in [0.5, 0.6) is 5.75 Å². The SMILES string of the molecule is C#CCNC(=O)COc1c(Br)cccc1CNCC(C)C. The molecular formula is C16H21BrN2O2. The minimum Gasteiger partial charge on any atom is -0.482 e. The molecule has 0 radical (unpaired) electrons. The van der Waals surface area contributed by atoms with Crippen LogP contribution < -0.4 is 15.4 Å². The molecule has 0 heterocycles. The lowest BCUT2D eigenvalue weighted by Crippen LogP contribution is -2.29. The van der Waals surface area contributed by atoms with Gasteiger partial charge in [0.2, 0.25) is 0 Å². The van der Waals surface area contributed by atoms with Crippen LogP contribution in [0.3, 0.4) is 0 Å². The summed E-state index contributed by atoms with van der Waals surface area (Å²) in [6.07, 6.45) is 5.09. The quantitative estimate of drug-likeness (QED) is 0.706. The Hall–Kier alpha value is -1.51. The van der Waals surface area contributed by atoms with Crippen LogP contribution in [0, 0.1) is 18.3 Å². The van der Waals surface area contributed by atoms with Crippen LogP contribution in [0.2, 0.25) is 0 Å². The lowest BCUT2D eigenvalue weighted by Gasteiger charge is -2.14. The van der Waals surface area contributed by atoms with Gasteiger partial charge in [-0.05, 0) is 34.5 Å². The number of ether oxygens (including phenoxy) is 1. The fraction of sp³-hybridized carbons (Fsp3) is 0.438. The number of carbonyl (C=O) groups excluding carboxylic acids is 1. The number of benzene rings is 1. The molecule has 0 unspecified atom stereocenters. The highest BCUT2D eigenvalue weighted by molar-refractivity contribution is 9.10. The van der Waals surface area contributed by atoms with Gasteiger partial charge in [-0.2, -0.15) is 0 Å². The van der Waals surface area contributed by atoms with Gasteiger partial charge in [0.1, 0.15) is 5.75 Å². The minimum atomic E-state index is -0.232. The summed E-state index contributed by atoms with van der Waals surface area (Å²) in [7, 11) is 0. The highest BCUT2D eigenvalue weighted by Gasteiger charge is 2.10. The molecule has 0 atom stereocenters. The summed E-state index contributed by atoms with van der Waals surface area (Å²) in [5, 5.41) is 5.93. The Bertz CT molecular complexity index is 509. The third-order valence-corrected chi connectivity index (χ3v) is 3.28. The molecule has 2 N–H and O–H groups in total. The van der Waals surface area contributed by atoms with Crippen molar-refractivity contribution in [3.8, 4) is 18.1 Å². The lowest BCUT2D eigenvalue weighted by molar-refractivity contribution is -0.122. The van der Waals surface area contributed by atoms with E-state index in [1.807, 2.05) is 18.2 Å². The molecule has 1 aromatic carbocycles. The first kappa shape index (κ1) is 17.5. The zero-order valence-electron chi connectivity index (χ0n) is 12.4. The van der Waals surface area contributed by atoms with E-state index < -0.39 is 0 Å². The number of carbonyl (C=O) groups is 1. The number of hydrogen-bond acceptors (Lipinski definition) is 3. The van der Waals surface area contributed by atoms with Crippen LogP contribution in [-0.2, 0) is 11.3 Å². The number of terminal acetylenes is 1. The van der Waals surface area contributed by atoms with Crippen molar-refractivity contribution in [3.05, 3.63) is 28.2 Å². The number of rotatable bonds is 8. The molecule has 0 fully saturated rings. The molecule has 1 aromatic rings. The molecule has 0 aliphatic heterocycles. The first-order valence-electron chi connectivity index (χ1n) is 6.85. The molecule has 21 heavy (non-hydrogen) atoms. The third-order valence-electron chi connectivity index (χ3n) is 2.65. The maximum Gasteiger partial charge on any atom is 0.258 e. The smallest absolute Gasteiger partial charge is 0.258 e. The number of nitrogens with one attached hydrogen (secondary N) is 2. The van der Waals surface area contributed by atoms with Crippen LogP contribution in [0.4, 0.5) is 0 Å². The van der Waals surface area contributed by atoms with Crippen molar-refractivity contribution in [1.82, 2.24) is 10.6 Å². The Kier molecular flexibility index (Phi) is 7.88. The second-order valence-electron chi connectivity index (χ2n) is 5.02. The molecule has 0 saturated carbocycles. The van der Waals surface area contributed by atoms with Gasteiger partial charge in [0.15, 0.2) is 6.61 Å². The Morgan fingerprint density at radius 1 is 1.48 bits per heavy atom. The van der Waals surface area contributed by atoms with Gasteiger partial charge < -0.3 is 15.4 Å². The van der Waals surface area contributed by atoms with Crippen LogP contribution >= 0.6 is 15.9 Å². The molecule has 5 heteroatoms. The molecule has 0 aliphatic rings. The summed E-state index contributed by atoms with van der Waals surface area (Å²) < 4.78 is 6.45. The number of halogens is 1. The van der Waals surface area contributed by atoms with Crippen molar-refractivity contribution in [2.75, 3.05) is 19.7 Å². The normalized spacial score (nSPS) is 10.2. The minimum absolute atomic E-state index is 0.0541. The number of hydrogen-bond donors (Lipinski definition) is 2. The van der Waals surface area contributed by atoms with Gasteiger partial charge in [0.05, 0.1) is 11.0 Å². The van der Waals surface area contributed by atoms with E-state index in [4.69, 9.17) is 11.2 Å². The standard InChI is InChI=1S/C16H21BrN2O2/c1-4-8-19-15(20)11-21-16-13(6-5-7-14(16)17)10-18-9-12(2)3/h1,5-7,12,18H,8-11H2,2-3H3,(H,19,20). The van der Waals surface area contributed by atoms with Crippen molar-refractivity contribution >= 4 is 21.8 Å². The molecular weight excluding hydrogens is 332 g/mol. The second-order valence-corrected chi connectivity index (χ2v) is 5.88. The monoisotopic (exact) mass is 352 g/mol. The summed E-state index contributed by atoms with van der Waals surface area (Å²) in [4.78, 5) is 11.5. The molecule has 0 aromatic heterocycles. The van der Waals surface area contributed by atoms with E-state index in [1.165, 1.54) is 0 Å². The lowest BCUT2D eigenvalue weighted by atomic mass is 10.2. The van der Waals surface area contributed by atoms with E-state index in [2.05, 4.69) is 46.3 Å². The van der Waals surface area contributed by atoms with E-state index in [-0.39, 0.29) is 19.1 Å². The van der Waals surface area contributed by atoms with Crippen LogP contribution in [0.1, 0.15) is 19.4 Å². The highest BCUT2D eigenvalue weighted by atomic mass is 79.9. The largest absolute Gasteiger partial charge is 0.482 e. The molecule has 0 spiro atoms. The molecule has 1 amide bonds. The topological polar surface area (TPSA) is 50.4 Å². The van der Waals surface area contributed by atoms with Crippen LogP contribution in [0.15, 0.2) is 22.7 Å². The molecule has 4 nitrogen and oxygen atoms in total. The third kappa shape index (κ3) is 6.65. The zero-order chi connectivity index (χ0) is 15.7. The van der Waals surface area contributed by atoms with Crippen molar-refractivity contribution in [2.45, 2.75) is 20.4 Å². The number of para-hydroxylation sites is 1. The number of amides is 1. The summed E-state index contributed by atoms with van der Waals surface area (Å²) >= 11 is 3.45. The van der Waals surface area contributed by atoms with Gasteiger partial charge in [-0.25, -0.2) is 0 Å². The van der Waals surface area contributed by atoms with Crippen molar-refractivity contribution in [2.24, 2.45) is 5.92 Å². The Morgan fingerprint density at radius 3 is 2.90 bits per heavy atom. The van der Waals surface area contributed by atoms with Crippen LogP contribution in [-0.4, -0.2) is 25.6 Å². The van der Waals surface area contributed by atoms with Gasteiger partial charge in [-0.3, -0.25) is 4.79 Å². The Labute approximate surface area is 134 Å². The molecule has 0 saturated heterocycles. The second kappa shape index (κ2) is 9.43. The summed E-state index contributed by atoms with van der Waals surface area (Å²) in [5.41, 5.74) is 1.01. The van der Waals surface area contributed by atoms with Gasteiger partial charge in [0, 0.05) is 12.1 Å². The average Bonchev–Trinajstić information content (AvgIpc) is 2.44. The van der Waals surface area contributed by atoms with Crippen LogP contribution in [0.25, 0.3) is 0 Å². The van der Waals surface area contributed by atoms with E-state index in [9.17, 15) is 4.79 Å². The van der Waals surface area contributed by atoms with E-state index in [0.29, 0.717) is 18.2 Å². The maximum absolute atomic E-state index is 11.5. The highest BCUT2D eigenvalue weighted by Crippen LogP contribution is 2.29. The Morgan fingerprint density at radius 2 is 2.24 bits per heavy atom. The summed E-state index contributed by atoms with van der Waals surface area (Å²) in [6.45, 7) is 6.08. The van der Waals surface area contributed by atoms with Gasteiger partial charge >= 0.3 is 0 Å². The van der Waals surface area contributed by atoms with Gasteiger partial charge in [-0.15, -0.1) is 6.42 Å². The van der Waals surface area contributed by atoms with Gasteiger partial charge in [0.25, 0.3) is 5.91 Å². The molecule has 1 rings (SSSR count). The van der Waals surface area contributed by atoms with Crippen molar-refractivity contribution in [1.29, 1.82) is 0 Å². The molecule has 114 valence electrons. The van der Waals surface area contributed by atoms with E-state index in [0.717, 1.165) is 16.6 Å². The molecule has 0 aliphatic carbocycles. The van der Waals surface area contributed by atoms with Gasteiger partial charge in [-0.1, -0.05) is 31.9 Å². The fourth-order valence-corrected chi connectivity index (χ4v) is 2.21. The zero-order valence-corrected chi connectivity index (χ0v) is 14.0. The predicted octanol–water partition coefficient (Wildman–Crippen LogP) is 2.32. The van der Waals surface area contributed by atoms with E-state index in [1.54, 1.807) is 0 Å². The van der Waals surface area contributed by atoms with Crippen molar-refractivity contribution < 1.29 is 9.53 Å².